The number of allylic oxidation sites excluding steroid dienone is 4. The second-order valence-corrected chi connectivity index (χ2v) is 16.1. The number of cyclic esters (lactones) is 2. The summed E-state index contributed by atoms with van der Waals surface area (Å²) in [6.45, 7) is 6.73. The van der Waals surface area contributed by atoms with Gasteiger partial charge < -0.3 is 41.4 Å². The monoisotopic (exact) mass is 970 g/mol. The van der Waals surface area contributed by atoms with Crippen LogP contribution in [0.25, 0.3) is 0 Å². The van der Waals surface area contributed by atoms with Gasteiger partial charge in [0, 0.05) is 12.7 Å². The molecular weight excluding hydrogens is 919 g/mol. The summed E-state index contributed by atoms with van der Waals surface area (Å²) in [5.41, 5.74) is -0.891. The van der Waals surface area contributed by atoms with Crippen molar-refractivity contribution >= 4 is 76.9 Å². The molecule has 6 N–H and O–H groups in total. The Hall–Kier alpha value is -6.75. The van der Waals surface area contributed by atoms with Gasteiger partial charge in [-0.2, -0.15) is 12.6 Å². The minimum atomic E-state index is -1.09. The number of pyridine rings is 2. The van der Waals surface area contributed by atoms with Crippen LogP contribution >= 0.6 is 24.4 Å². The van der Waals surface area contributed by atoms with E-state index < -0.39 is 83.3 Å². The molecule has 0 saturated heterocycles. The van der Waals surface area contributed by atoms with Crippen molar-refractivity contribution < 1.29 is 61.4 Å². The van der Waals surface area contributed by atoms with E-state index in [-0.39, 0.29) is 65.2 Å². The Kier molecular flexibility index (Phi) is 22.5. The maximum absolute atomic E-state index is 14.2. The molecule has 360 valence electrons. The van der Waals surface area contributed by atoms with Gasteiger partial charge in [-0.1, -0.05) is 36.1 Å². The van der Waals surface area contributed by atoms with Crippen molar-refractivity contribution in [1.82, 2.24) is 41.9 Å². The molecule has 4 heterocycles. The van der Waals surface area contributed by atoms with E-state index in [1.165, 1.54) is 52.8 Å². The summed E-state index contributed by atoms with van der Waals surface area (Å²) in [6.07, 6.45) is 7.89. The smallest absolute Gasteiger partial charge is 0.328 e. The molecule has 19 nitrogen and oxygen atoms in total. The molecule has 2 aromatic heterocycles. The molecule has 0 spiro atoms. The number of thioether (sulfide) groups is 1. The molecule has 0 fully saturated rings. The molecule has 23 heteroatoms. The molecule has 0 aliphatic carbocycles. The first kappa shape index (κ1) is 54.6. The van der Waals surface area contributed by atoms with Gasteiger partial charge in [0.15, 0.2) is 5.12 Å². The molecule has 2 aliphatic heterocycles. The third-order valence-corrected chi connectivity index (χ3v) is 10.2. The van der Waals surface area contributed by atoms with Gasteiger partial charge >= 0.3 is 11.9 Å². The fraction of sp³-hybridized carbons (Fsp3) is 0.386. The number of hydrogen-bond acceptors (Lipinski definition) is 15. The van der Waals surface area contributed by atoms with E-state index in [1.807, 2.05) is 0 Å². The highest BCUT2D eigenvalue weighted by atomic mass is 32.2. The number of amides is 6. The first-order chi connectivity index (χ1) is 31.8. The molecule has 2 aliphatic rings. The van der Waals surface area contributed by atoms with Gasteiger partial charge in [0.1, 0.15) is 58.7 Å². The first-order valence-corrected chi connectivity index (χ1v) is 22.4. The number of rotatable bonds is 7. The number of ether oxygens (including phenoxy) is 2. The van der Waals surface area contributed by atoms with Crippen LogP contribution in [0.5, 0.6) is 0 Å². The lowest BCUT2D eigenvalue weighted by molar-refractivity contribution is -0.152. The van der Waals surface area contributed by atoms with Gasteiger partial charge in [-0.3, -0.25) is 33.6 Å². The number of fused-ring (bicyclic) bond motifs is 4. The lowest BCUT2D eigenvalue weighted by Crippen LogP contribution is -2.44. The minimum absolute atomic E-state index is 0.0277. The first-order valence-electron chi connectivity index (χ1n) is 20.7. The number of nitrogens with zero attached hydrogens (tertiary/aromatic N) is 2. The van der Waals surface area contributed by atoms with Crippen LogP contribution in [0.15, 0.2) is 72.1 Å². The van der Waals surface area contributed by atoms with Crippen LogP contribution in [-0.2, 0) is 56.1 Å². The minimum Gasteiger partial charge on any atom is -0.456 e. The second kappa shape index (κ2) is 27.7. The molecule has 4 atom stereocenters. The Balaban J connectivity index is 0.000000357. The average Bonchev–Trinajstić information content (AvgIpc) is 3.28. The van der Waals surface area contributed by atoms with Crippen molar-refractivity contribution in [3.8, 4) is 0 Å². The largest absolute Gasteiger partial charge is 0.456 e. The molecular formula is C44H52F2N8O11S2. The van der Waals surface area contributed by atoms with E-state index in [9.17, 15) is 51.9 Å². The molecule has 4 bridgehead atoms. The number of esters is 2. The normalized spacial score (nSPS) is 21.8. The van der Waals surface area contributed by atoms with Crippen LogP contribution in [0.1, 0.15) is 92.7 Å². The summed E-state index contributed by atoms with van der Waals surface area (Å²) >= 11 is 5.24. The van der Waals surface area contributed by atoms with Gasteiger partial charge in [0.2, 0.25) is 11.8 Å². The van der Waals surface area contributed by atoms with Crippen LogP contribution in [0, 0.1) is 11.6 Å². The van der Waals surface area contributed by atoms with E-state index in [2.05, 4.69) is 54.5 Å². The number of nitrogens with one attached hydrogen (secondary N) is 6. The van der Waals surface area contributed by atoms with E-state index in [1.54, 1.807) is 18.2 Å². The Bertz CT molecular complexity index is 2330. The SMILES string of the molecule is C/C=C1\NC(=O)c2ccc(F)c(n2)CNC(=O)C[C@@H](/C=C/CCS)OC(=O)[C@H](C)NC1=O.C/C=C1\NC(=O)c2ccc(F)c(n2)CNC(=O)C[C@@H](/C=C/CCSC(C)=O)OC(=O)[C@H](C)NC1=O. The zero-order chi connectivity index (χ0) is 49.6. The lowest BCUT2D eigenvalue weighted by Gasteiger charge is -2.20. The molecule has 67 heavy (non-hydrogen) atoms. The molecule has 6 amide bonds. The molecule has 0 unspecified atom stereocenters. The van der Waals surface area contributed by atoms with E-state index >= 15 is 0 Å². The van der Waals surface area contributed by atoms with Crippen molar-refractivity contribution in [2.24, 2.45) is 0 Å². The summed E-state index contributed by atoms with van der Waals surface area (Å²) in [5.74, 6) is -5.98. The number of aromatic nitrogens is 2. The van der Waals surface area contributed by atoms with Crippen LogP contribution < -0.4 is 31.9 Å². The Morgan fingerprint density at radius 3 is 1.51 bits per heavy atom. The van der Waals surface area contributed by atoms with Crippen LogP contribution in [0.4, 0.5) is 8.78 Å². The van der Waals surface area contributed by atoms with Crippen molar-refractivity contribution in [2.45, 2.75) is 97.7 Å². The summed E-state index contributed by atoms with van der Waals surface area (Å²) in [4.78, 5) is 119. The maximum atomic E-state index is 14.2. The summed E-state index contributed by atoms with van der Waals surface area (Å²) in [7, 11) is 0. The summed E-state index contributed by atoms with van der Waals surface area (Å²) in [5, 5.41) is 14.6. The van der Waals surface area contributed by atoms with Gasteiger partial charge in [-0.25, -0.2) is 28.3 Å². The Morgan fingerprint density at radius 2 is 1.12 bits per heavy atom. The summed E-state index contributed by atoms with van der Waals surface area (Å²) < 4.78 is 39.1. The van der Waals surface area contributed by atoms with E-state index in [0.29, 0.717) is 24.3 Å². The standard InChI is InChI=1S/C23H27FN4O6S.C21H25FN4O5S/c1-4-17-21(31)26-13(2)23(33)34-15(7-5-6-10-35-14(3)29)11-20(30)25-12-19-16(24)8-9-18(27-19)22(32)28-17;1-3-15-19(28)24-12(2)21(30)31-13(6-4-5-9-32)10-18(27)23-11-17-14(22)7-8-16(25-17)20(29)26-15/h4-5,7-9,13,15H,6,10-12H2,1-3H3,(H,25,30)(H,26,31)(H,28,32);3-4,6-8,12-13,32H,5,9-11H2,1-2H3,(H,23,27)(H,24,28)(H,26,29)/b7-5+,17-4-;6-4+,15-3-/t13-,15+;12-,13+/m00/s1. The zero-order valence-corrected chi connectivity index (χ0v) is 38.9. The van der Waals surface area contributed by atoms with Crippen molar-refractivity contribution in [2.75, 3.05) is 11.5 Å². The highest BCUT2D eigenvalue weighted by Crippen LogP contribution is 2.13. The van der Waals surface area contributed by atoms with E-state index in [4.69, 9.17) is 9.47 Å². The molecule has 0 aromatic carbocycles. The quantitative estimate of drug-likeness (QED) is 0.0692. The van der Waals surface area contributed by atoms with Crippen molar-refractivity contribution in [3.63, 3.8) is 0 Å². The Morgan fingerprint density at radius 1 is 0.701 bits per heavy atom. The average molecular weight is 971 g/mol. The van der Waals surface area contributed by atoms with E-state index in [0.717, 1.165) is 36.0 Å². The summed E-state index contributed by atoms with van der Waals surface area (Å²) in [6, 6.07) is 2.25. The fourth-order valence-corrected chi connectivity index (χ4v) is 6.24. The lowest BCUT2D eigenvalue weighted by atomic mass is 10.2. The van der Waals surface area contributed by atoms with Gasteiger partial charge in [-0.05, 0) is 82.7 Å². The van der Waals surface area contributed by atoms with Crippen LogP contribution in [0.3, 0.4) is 0 Å². The fourth-order valence-electron chi connectivity index (χ4n) is 5.55. The van der Waals surface area contributed by atoms with Crippen molar-refractivity contribution in [1.29, 1.82) is 0 Å². The molecule has 2 aromatic rings. The topological polar surface area (TPSA) is 270 Å². The van der Waals surface area contributed by atoms with Gasteiger partial charge in [-0.15, -0.1) is 0 Å². The number of carbonyl (C=O) groups is 9. The van der Waals surface area contributed by atoms with Crippen LogP contribution in [-0.4, -0.2) is 98.3 Å². The number of hydrogen-bond donors (Lipinski definition) is 7. The highest BCUT2D eigenvalue weighted by Gasteiger charge is 2.27. The molecule has 4 rings (SSSR count). The van der Waals surface area contributed by atoms with Gasteiger partial charge in [0.05, 0.1) is 37.3 Å². The van der Waals surface area contributed by atoms with Gasteiger partial charge in [0.25, 0.3) is 23.6 Å². The third-order valence-electron chi connectivity index (χ3n) is 9.07. The van der Waals surface area contributed by atoms with Crippen molar-refractivity contribution in [3.05, 3.63) is 107 Å². The highest BCUT2D eigenvalue weighted by molar-refractivity contribution is 8.13. The maximum Gasteiger partial charge on any atom is 0.328 e. The third kappa shape index (κ3) is 18.6. The molecule has 0 radical (unpaired) electrons. The second-order valence-electron chi connectivity index (χ2n) is 14.4. The Labute approximate surface area is 394 Å². The zero-order valence-electron chi connectivity index (χ0n) is 37.2. The molecule has 0 saturated carbocycles. The number of halogens is 2. The predicted molar refractivity (Wildman–Crippen MR) is 243 cm³/mol. The van der Waals surface area contributed by atoms with Crippen LogP contribution in [0.2, 0.25) is 0 Å². The number of carbonyl (C=O) groups excluding carboxylic acids is 9. The number of thiol groups is 1. The predicted octanol–water partition coefficient (Wildman–Crippen LogP) is 2.68.